The summed E-state index contributed by atoms with van der Waals surface area (Å²) in [4.78, 5) is 29.9. The van der Waals surface area contributed by atoms with Crippen molar-refractivity contribution in [1.29, 1.82) is 0 Å². The van der Waals surface area contributed by atoms with Crippen molar-refractivity contribution in [3.8, 4) is 0 Å². The minimum absolute atomic E-state index is 0.0323. The SMILES string of the molecule is CCOCC(=O)N1CCC[C@H](c2nc(CNC(=O)CC)cs2)C1. The van der Waals surface area contributed by atoms with Gasteiger partial charge < -0.3 is 15.0 Å². The minimum atomic E-state index is 0.0323. The van der Waals surface area contributed by atoms with Crippen molar-refractivity contribution in [2.24, 2.45) is 0 Å². The standard InChI is InChI=1S/C16H25N3O3S/c1-3-14(20)17-8-13-11-23-16(18-13)12-6-5-7-19(9-12)15(21)10-22-4-2/h11-12H,3-10H2,1-2H3,(H,17,20)/t12-/m0/s1. The Kier molecular flexibility index (Phi) is 6.98. The molecule has 0 bridgehead atoms. The molecule has 7 heteroatoms. The van der Waals surface area contributed by atoms with Gasteiger partial charge in [-0.3, -0.25) is 9.59 Å². The van der Waals surface area contributed by atoms with Crippen LogP contribution in [-0.4, -0.2) is 48.0 Å². The third-order valence-corrected chi connectivity index (χ3v) is 4.97. The summed E-state index contributed by atoms with van der Waals surface area (Å²) in [6, 6.07) is 0. The fourth-order valence-corrected chi connectivity index (χ4v) is 3.54. The van der Waals surface area contributed by atoms with Crippen LogP contribution in [0.1, 0.15) is 49.7 Å². The van der Waals surface area contributed by atoms with Gasteiger partial charge in [0.1, 0.15) is 6.61 Å². The highest BCUT2D eigenvalue weighted by Gasteiger charge is 2.26. The Bertz CT molecular complexity index is 532. The molecule has 23 heavy (non-hydrogen) atoms. The molecule has 1 aliphatic rings. The first kappa shape index (κ1) is 17.9. The van der Waals surface area contributed by atoms with Crippen LogP contribution < -0.4 is 5.32 Å². The van der Waals surface area contributed by atoms with E-state index < -0.39 is 0 Å². The summed E-state index contributed by atoms with van der Waals surface area (Å²) < 4.78 is 5.21. The second-order valence-electron chi connectivity index (χ2n) is 5.62. The van der Waals surface area contributed by atoms with E-state index in [9.17, 15) is 9.59 Å². The number of hydrogen-bond donors (Lipinski definition) is 1. The van der Waals surface area contributed by atoms with E-state index in [2.05, 4.69) is 10.3 Å². The molecule has 6 nitrogen and oxygen atoms in total. The molecule has 2 amide bonds. The Balaban J connectivity index is 1.89. The number of likely N-dealkylation sites (tertiary alicyclic amines) is 1. The van der Waals surface area contributed by atoms with Crippen molar-refractivity contribution in [3.63, 3.8) is 0 Å². The number of carbonyl (C=O) groups excluding carboxylic acids is 2. The van der Waals surface area contributed by atoms with Crippen molar-refractivity contribution < 1.29 is 14.3 Å². The average molecular weight is 339 g/mol. The number of amides is 2. The average Bonchev–Trinajstić information content (AvgIpc) is 3.06. The van der Waals surface area contributed by atoms with Crippen LogP contribution in [0.4, 0.5) is 0 Å². The van der Waals surface area contributed by atoms with Crippen LogP contribution in [0.2, 0.25) is 0 Å². The van der Waals surface area contributed by atoms with Gasteiger partial charge in [-0.15, -0.1) is 11.3 Å². The number of nitrogens with one attached hydrogen (secondary N) is 1. The number of aromatic nitrogens is 1. The number of piperidine rings is 1. The van der Waals surface area contributed by atoms with Gasteiger partial charge in [0.2, 0.25) is 11.8 Å². The Morgan fingerprint density at radius 2 is 2.30 bits per heavy atom. The second-order valence-corrected chi connectivity index (χ2v) is 6.51. The highest BCUT2D eigenvalue weighted by atomic mass is 32.1. The van der Waals surface area contributed by atoms with Crippen LogP contribution in [0, 0.1) is 0 Å². The molecule has 1 aromatic rings. The van der Waals surface area contributed by atoms with Gasteiger partial charge in [0, 0.05) is 37.4 Å². The molecule has 1 N–H and O–H groups in total. The van der Waals surface area contributed by atoms with Gasteiger partial charge in [-0.1, -0.05) is 6.92 Å². The molecule has 1 aliphatic heterocycles. The van der Waals surface area contributed by atoms with E-state index in [1.165, 1.54) is 0 Å². The molecule has 0 spiro atoms. The van der Waals surface area contributed by atoms with Crippen molar-refractivity contribution in [2.75, 3.05) is 26.3 Å². The van der Waals surface area contributed by atoms with Gasteiger partial charge in [-0.2, -0.15) is 0 Å². The molecule has 1 saturated heterocycles. The van der Waals surface area contributed by atoms with Crippen LogP contribution in [0.3, 0.4) is 0 Å². The smallest absolute Gasteiger partial charge is 0.248 e. The molecule has 0 radical (unpaired) electrons. The third kappa shape index (κ3) is 5.28. The van der Waals surface area contributed by atoms with Gasteiger partial charge in [0.25, 0.3) is 0 Å². The van der Waals surface area contributed by atoms with Crippen LogP contribution in [-0.2, 0) is 20.9 Å². The van der Waals surface area contributed by atoms with Crippen LogP contribution in [0.15, 0.2) is 5.38 Å². The largest absolute Gasteiger partial charge is 0.372 e. The second kappa shape index (κ2) is 8.98. The lowest BCUT2D eigenvalue weighted by Crippen LogP contribution is -2.41. The summed E-state index contributed by atoms with van der Waals surface area (Å²) in [5.74, 6) is 0.378. The fourth-order valence-electron chi connectivity index (χ4n) is 2.59. The zero-order valence-electron chi connectivity index (χ0n) is 13.8. The molecule has 1 aromatic heterocycles. The summed E-state index contributed by atoms with van der Waals surface area (Å²) in [5, 5.41) is 5.89. The zero-order valence-corrected chi connectivity index (χ0v) is 14.7. The third-order valence-electron chi connectivity index (χ3n) is 3.91. The summed E-state index contributed by atoms with van der Waals surface area (Å²) in [6.07, 6.45) is 2.52. The van der Waals surface area contributed by atoms with Crippen molar-refractivity contribution >= 4 is 23.2 Å². The Morgan fingerprint density at radius 1 is 1.48 bits per heavy atom. The molecule has 2 rings (SSSR count). The van der Waals surface area contributed by atoms with E-state index in [1.807, 2.05) is 24.1 Å². The molecular formula is C16H25N3O3S. The van der Waals surface area contributed by atoms with Gasteiger partial charge in [0.15, 0.2) is 0 Å². The minimum Gasteiger partial charge on any atom is -0.372 e. The molecule has 1 fully saturated rings. The number of ether oxygens (including phenoxy) is 1. The number of carbonyl (C=O) groups is 2. The summed E-state index contributed by atoms with van der Waals surface area (Å²) in [5.41, 5.74) is 0.893. The normalized spacial score (nSPS) is 18.0. The van der Waals surface area contributed by atoms with Crippen molar-refractivity contribution in [2.45, 2.75) is 45.6 Å². The lowest BCUT2D eigenvalue weighted by Gasteiger charge is -2.31. The first-order valence-corrected chi connectivity index (χ1v) is 9.08. The van der Waals surface area contributed by atoms with Gasteiger partial charge >= 0.3 is 0 Å². The summed E-state index contributed by atoms with van der Waals surface area (Å²) in [7, 11) is 0. The van der Waals surface area contributed by atoms with Crippen LogP contribution in [0.25, 0.3) is 0 Å². The fraction of sp³-hybridized carbons (Fsp3) is 0.688. The monoisotopic (exact) mass is 339 g/mol. The highest BCUT2D eigenvalue weighted by molar-refractivity contribution is 7.09. The summed E-state index contributed by atoms with van der Waals surface area (Å²) in [6.45, 7) is 6.42. The van der Waals surface area contributed by atoms with E-state index in [0.29, 0.717) is 26.1 Å². The van der Waals surface area contributed by atoms with E-state index in [0.717, 1.165) is 30.1 Å². The zero-order chi connectivity index (χ0) is 16.7. The molecule has 128 valence electrons. The highest BCUT2D eigenvalue weighted by Crippen LogP contribution is 2.29. The van der Waals surface area contributed by atoms with Crippen LogP contribution in [0.5, 0.6) is 0 Å². The number of rotatable bonds is 7. The van der Waals surface area contributed by atoms with E-state index in [4.69, 9.17) is 4.74 Å². The number of nitrogens with zero attached hydrogens (tertiary/aromatic N) is 2. The van der Waals surface area contributed by atoms with E-state index in [-0.39, 0.29) is 24.3 Å². The lowest BCUT2D eigenvalue weighted by molar-refractivity contribution is -0.137. The first-order chi connectivity index (χ1) is 11.1. The van der Waals surface area contributed by atoms with Gasteiger partial charge in [-0.05, 0) is 19.8 Å². The molecule has 0 saturated carbocycles. The summed E-state index contributed by atoms with van der Waals surface area (Å²) >= 11 is 1.62. The predicted octanol–water partition coefficient (Wildman–Crippen LogP) is 1.91. The molecule has 0 aromatic carbocycles. The molecular weight excluding hydrogens is 314 g/mol. The predicted molar refractivity (Wildman–Crippen MR) is 89.3 cm³/mol. The molecule has 1 atom stereocenters. The molecule has 0 unspecified atom stereocenters. The Hall–Kier alpha value is -1.47. The maximum absolute atomic E-state index is 12.1. The lowest BCUT2D eigenvalue weighted by atomic mass is 9.98. The maximum atomic E-state index is 12.1. The molecule has 0 aliphatic carbocycles. The van der Waals surface area contributed by atoms with E-state index in [1.54, 1.807) is 11.3 Å². The quantitative estimate of drug-likeness (QED) is 0.824. The number of hydrogen-bond acceptors (Lipinski definition) is 5. The van der Waals surface area contributed by atoms with Gasteiger partial charge in [0.05, 0.1) is 17.2 Å². The van der Waals surface area contributed by atoms with E-state index >= 15 is 0 Å². The topological polar surface area (TPSA) is 71.5 Å². The molecule has 2 heterocycles. The van der Waals surface area contributed by atoms with Gasteiger partial charge in [-0.25, -0.2) is 4.98 Å². The van der Waals surface area contributed by atoms with Crippen molar-refractivity contribution in [1.82, 2.24) is 15.2 Å². The Labute approximate surface area is 141 Å². The number of thiazole rings is 1. The van der Waals surface area contributed by atoms with Crippen LogP contribution >= 0.6 is 11.3 Å². The Morgan fingerprint density at radius 3 is 3.04 bits per heavy atom. The first-order valence-electron chi connectivity index (χ1n) is 8.20. The van der Waals surface area contributed by atoms with Crippen molar-refractivity contribution in [3.05, 3.63) is 16.1 Å². The maximum Gasteiger partial charge on any atom is 0.248 e.